The molecule has 2 heterocycles. The molecule has 0 radical (unpaired) electrons. The Labute approximate surface area is 120 Å². The van der Waals surface area contributed by atoms with E-state index in [0.717, 1.165) is 30.0 Å². The van der Waals surface area contributed by atoms with Crippen LogP contribution in [0.3, 0.4) is 0 Å². The lowest BCUT2D eigenvalue weighted by Gasteiger charge is -2.09. The maximum atomic E-state index is 10.7. The van der Waals surface area contributed by atoms with E-state index in [9.17, 15) is 4.79 Å². The van der Waals surface area contributed by atoms with Crippen LogP contribution in [-0.2, 0) is 4.79 Å². The second-order valence-electron chi connectivity index (χ2n) is 4.79. The number of aryl methyl sites for hydroxylation is 1. The van der Waals surface area contributed by atoms with Crippen molar-refractivity contribution in [2.45, 2.75) is 30.8 Å². The number of rotatable bonds is 5. The largest absolute Gasteiger partial charge is 0.481 e. The molecule has 7 heteroatoms. The molecule has 3 rings (SSSR count). The van der Waals surface area contributed by atoms with Gasteiger partial charge in [-0.05, 0) is 31.9 Å². The summed E-state index contributed by atoms with van der Waals surface area (Å²) >= 11 is 1.18. The molecule has 1 aliphatic rings. The van der Waals surface area contributed by atoms with E-state index in [-0.39, 0.29) is 5.75 Å². The SMILES string of the molecule is Cc1ccc(-n2c(SCC(=O)O)nnc2C2CC2)cn1. The fraction of sp³-hybridized carbons (Fsp3) is 0.385. The van der Waals surface area contributed by atoms with E-state index in [1.54, 1.807) is 6.20 Å². The molecule has 0 amide bonds. The van der Waals surface area contributed by atoms with Crippen LogP contribution >= 0.6 is 11.8 Å². The number of carboxylic acid groups (broad SMARTS) is 1. The van der Waals surface area contributed by atoms with Gasteiger partial charge < -0.3 is 5.11 Å². The molecule has 2 aromatic heterocycles. The van der Waals surface area contributed by atoms with Crippen LogP contribution in [0.15, 0.2) is 23.5 Å². The van der Waals surface area contributed by atoms with E-state index in [4.69, 9.17) is 5.11 Å². The number of aromatic nitrogens is 4. The van der Waals surface area contributed by atoms with Crippen molar-refractivity contribution < 1.29 is 9.90 Å². The highest BCUT2D eigenvalue weighted by Gasteiger charge is 2.31. The predicted octanol–water partition coefficient (Wildman–Crippen LogP) is 2.02. The first-order valence-corrected chi connectivity index (χ1v) is 7.36. The van der Waals surface area contributed by atoms with Gasteiger partial charge in [0.15, 0.2) is 5.16 Å². The number of thioether (sulfide) groups is 1. The lowest BCUT2D eigenvalue weighted by molar-refractivity contribution is -0.133. The van der Waals surface area contributed by atoms with Gasteiger partial charge in [-0.2, -0.15) is 0 Å². The maximum Gasteiger partial charge on any atom is 0.313 e. The summed E-state index contributed by atoms with van der Waals surface area (Å²) in [6.07, 6.45) is 4.00. The van der Waals surface area contributed by atoms with Crippen LogP contribution in [0.25, 0.3) is 5.69 Å². The number of hydrogen-bond donors (Lipinski definition) is 1. The van der Waals surface area contributed by atoms with Crippen molar-refractivity contribution in [3.8, 4) is 5.69 Å². The Bertz CT molecular complexity index is 634. The first-order valence-electron chi connectivity index (χ1n) is 6.38. The molecule has 20 heavy (non-hydrogen) atoms. The summed E-state index contributed by atoms with van der Waals surface area (Å²) in [5.41, 5.74) is 1.82. The van der Waals surface area contributed by atoms with Gasteiger partial charge in [-0.15, -0.1) is 10.2 Å². The maximum absolute atomic E-state index is 10.7. The van der Waals surface area contributed by atoms with Crippen molar-refractivity contribution in [1.29, 1.82) is 0 Å². The van der Waals surface area contributed by atoms with Crippen LogP contribution in [0.4, 0.5) is 0 Å². The van der Waals surface area contributed by atoms with Crippen LogP contribution in [0.2, 0.25) is 0 Å². The molecule has 0 spiro atoms. The lowest BCUT2D eigenvalue weighted by Crippen LogP contribution is -2.05. The van der Waals surface area contributed by atoms with E-state index in [0.29, 0.717) is 11.1 Å². The van der Waals surface area contributed by atoms with Crippen molar-refractivity contribution in [3.05, 3.63) is 29.8 Å². The molecule has 0 unspecified atom stereocenters. The molecular formula is C13H14N4O2S. The molecule has 0 atom stereocenters. The predicted molar refractivity (Wildman–Crippen MR) is 74.2 cm³/mol. The third-order valence-corrected chi connectivity index (χ3v) is 3.99. The summed E-state index contributed by atoms with van der Waals surface area (Å²) < 4.78 is 1.93. The molecule has 2 aromatic rings. The molecule has 1 N–H and O–H groups in total. The fourth-order valence-corrected chi connectivity index (χ4v) is 2.62. The van der Waals surface area contributed by atoms with Gasteiger partial charge in [0.1, 0.15) is 5.82 Å². The minimum atomic E-state index is -0.862. The number of hydrogen-bond acceptors (Lipinski definition) is 5. The van der Waals surface area contributed by atoms with E-state index < -0.39 is 5.97 Å². The van der Waals surface area contributed by atoms with Gasteiger partial charge in [0.2, 0.25) is 0 Å². The molecule has 104 valence electrons. The summed E-state index contributed by atoms with van der Waals surface area (Å²) in [7, 11) is 0. The zero-order valence-corrected chi connectivity index (χ0v) is 11.8. The highest BCUT2D eigenvalue weighted by atomic mass is 32.2. The number of carboxylic acids is 1. The van der Waals surface area contributed by atoms with Gasteiger partial charge >= 0.3 is 5.97 Å². The van der Waals surface area contributed by atoms with Crippen LogP contribution < -0.4 is 0 Å². The minimum Gasteiger partial charge on any atom is -0.481 e. The van der Waals surface area contributed by atoms with E-state index in [2.05, 4.69) is 15.2 Å². The minimum absolute atomic E-state index is 0.0257. The smallest absolute Gasteiger partial charge is 0.313 e. The number of carbonyl (C=O) groups is 1. The van der Waals surface area contributed by atoms with E-state index >= 15 is 0 Å². The molecule has 0 aliphatic heterocycles. The Morgan fingerprint density at radius 2 is 2.25 bits per heavy atom. The molecule has 1 fully saturated rings. The lowest BCUT2D eigenvalue weighted by atomic mass is 10.3. The molecule has 6 nitrogen and oxygen atoms in total. The van der Waals surface area contributed by atoms with Crippen LogP contribution in [0.1, 0.15) is 30.3 Å². The molecule has 0 bridgehead atoms. The second kappa shape index (κ2) is 5.24. The summed E-state index contributed by atoms with van der Waals surface area (Å²) in [6, 6.07) is 3.89. The highest BCUT2D eigenvalue weighted by Crippen LogP contribution is 2.41. The summed E-state index contributed by atoms with van der Waals surface area (Å²) in [5, 5.41) is 17.8. The van der Waals surface area contributed by atoms with Gasteiger partial charge in [0.05, 0.1) is 17.6 Å². The van der Waals surface area contributed by atoms with E-state index in [1.165, 1.54) is 11.8 Å². The Balaban J connectivity index is 1.98. The first-order chi connectivity index (χ1) is 9.65. The zero-order chi connectivity index (χ0) is 14.1. The third kappa shape index (κ3) is 2.67. The topological polar surface area (TPSA) is 80.9 Å². The summed E-state index contributed by atoms with van der Waals surface area (Å²) in [5.74, 6) is 0.452. The number of aliphatic carboxylic acids is 1. The zero-order valence-electron chi connectivity index (χ0n) is 11.0. The average Bonchev–Trinajstić information content (AvgIpc) is 3.18. The van der Waals surface area contributed by atoms with Gasteiger partial charge in [0, 0.05) is 11.6 Å². The van der Waals surface area contributed by atoms with Crippen molar-refractivity contribution in [2.75, 3.05) is 5.75 Å². The quantitative estimate of drug-likeness (QED) is 0.849. The molecule has 0 aromatic carbocycles. The Kier molecular flexibility index (Phi) is 3.43. The van der Waals surface area contributed by atoms with Crippen molar-refractivity contribution in [3.63, 3.8) is 0 Å². The van der Waals surface area contributed by atoms with Gasteiger partial charge in [-0.3, -0.25) is 14.3 Å². The third-order valence-electron chi connectivity index (χ3n) is 3.08. The average molecular weight is 290 g/mol. The van der Waals surface area contributed by atoms with Crippen LogP contribution in [-0.4, -0.2) is 36.6 Å². The number of nitrogens with zero attached hydrogens (tertiary/aromatic N) is 4. The summed E-state index contributed by atoms with van der Waals surface area (Å²) in [4.78, 5) is 15.0. The molecule has 0 saturated heterocycles. The van der Waals surface area contributed by atoms with Crippen molar-refractivity contribution >= 4 is 17.7 Å². The van der Waals surface area contributed by atoms with Crippen molar-refractivity contribution in [2.24, 2.45) is 0 Å². The Hall–Kier alpha value is -1.89. The number of pyridine rings is 1. The van der Waals surface area contributed by atoms with Gasteiger partial charge in [0.25, 0.3) is 0 Å². The van der Waals surface area contributed by atoms with Crippen LogP contribution in [0, 0.1) is 6.92 Å². The Morgan fingerprint density at radius 1 is 1.45 bits per heavy atom. The van der Waals surface area contributed by atoms with Crippen LogP contribution in [0.5, 0.6) is 0 Å². The van der Waals surface area contributed by atoms with Crippen molar-refractivity contribution in [1.82, 2.24) is 19.7 Å². The Morgan fingerprint density at radius 3 is 2.85 bits per heavy atom. The standard InChI is InChI=1S/C13H14N4O2S/c1-8-2-5-10(6-14-8)17-12(9-3-4-9)15-16-13(17)20-7-11(18)19/h2,5-6,9H,3-4,7H2,1H3,(H,18,19). The van der Waals surface area contributed by atoms with Gasteiger partial charge in [-0.1, -0.05) is 11.8 Å². The molecule has 1 saturated carbocycles. The normalized spacial score (nSPS) is 14.4. The molecule has 1 aliphatic carbocycles. The fourth-order valence-electron chi connectivity index (χ4n) is 1.94. The summed E-state index contributed by atoms with van der Waals surface area (Å²) in [6.45, 7) is 1.93. The monoisotopic (exact) mass is 290 g/mol. The highest BCUT2D eigenvalue weighted by molar-refractivity contribution is 7.99. The van der Waals surface area contributed by atoms with Gasteiger partial charge in [-0.25, -0.2) is 0 Å². The second-order valence-corrected chi connectivity index (χ2v) is 5.73. The molecular weight excluding hydrogens is 276 g/mol. The van der Waals surface area contributed by atoms with E-state index in [1.807, 2.05) is 23.6 Å². The first kappa shape index (κ1) is 13.1.